The van der Waals surface area contributed by atoms with Crippen LogP contribution in [0, 0.1) is 0 Å². The van der Waals surface area contributed by atoms with Gasteiger partial charge in [-0.05, 0) is 45.2 Å². The van der Waals surface area contributed by atoms with Gasteiger partial charge in [-0.1, -0.05) is 30.3 Å². The van der Waals surface area contributed by atoms with E-state index in [2.05, 4.69) is 16.0 Å². The van der Waals surface area contributed by atoms with Crippen molar-refractivity contribution in [2.24, 2.45) is 0 Å². The fraction of sp³-hybridized carbons (Fsp3) is 0.545. The van der Waals surface area contributed by atoms with E-state index in [9.17, 15) is 19.2 Å². The molecule has 31 heavy (non-hydrogen) atoms. The quantitative estimate of drug-likeness (QED) is 0.564. The van der Waals surface area contributed by atoms with Crippen LogP contribution in [0.4, 0.5) is 0 Å². The lowest BCUT2D eigenvalue weighted by atomic mass is 10.1. The Kier molecular flexibility index (Phi) is 7.62. The monoisotopic (exact) mass is 429 g/mol. The molecule has 0 radical (unpaired) electrons. The first-order valence-electron chi connectivity index (χ1n) is 10.8. The zero-order chi connectivity index (χ0) is 22.4. The van der Waals surface area contributed by atoms with Crippen LogP contribution in [-0.4, -0.2) is 71.9 Å². The van der Waals surface area contributed by atoms with E-state index in [4.69, 9.17) is 0 Å². The highest BCUT2D eigenvalue weighted by molar-refractivity contribution is 5.95. The molecule has 9 heteroatoms. The number of hydrogen-bond donors (Lipinski definition) is 3. The molecule has 2 fully saturated rings. The van der Waals surface area contributed by atoms with E-state index in [0.717, 1.165) is 5.56 Å². The molecule has 168 valence electrons. The summed E-state index contributed by atoms with van der Waals surface area (Å²) in [6.07, 6.45) is 2.15. The molecule has 4 amide bonds. The van der Waals surface area contributed by atoms with E-state index in [0.29, 0.717) is 32.4 Å². The molecule has 0 unspecified atom stereocenters. The number of carbonyl (C=O) groups is 4. The number of benzene rings is 1. The van der Waals surface area contributed by atoms with Crippen LogP contribution < -0.4 is 16.0 Å². The molecular weight excluding hydrogens is 398 g/mol. The van der Waals surface area contributed by atoms with Gasteiger partial charge in [0.15, 0.2) is 0 Å². The largest absolute Gasteiger partial charge is 0.354 e. The Labute approximate surface area is 182 Å². The van der Waals surface area contributed by atoms with Crippen LogP contribution in [0.5, 0.6) is 0 Å². The molecule has 1 aromatic rings. The summed E-state index contributed by atoms with van der Waals surface area (Å²) in [5, 5.41) is 11.1. The Morgan fingerprint density at radius 3 is 2.61 bits per heavy atom. The number of likely N-dealkylation sites (N-methyl/N-ethyl adjacent to an activating group) is 1. The van der Waals surface area contributed by atoms with Crippen molar-refractivity contribution < 1.29 is 19.2 Å². The van der Waals surface area contributed by atoms with Crippen molar-refractivity contribution in [1.82, 2.24) is 26.0 Å². The lowest BCUT2D eigenvalue weighted by Crippen LogP contribution is -2.64. The minimum Gasteiger partial charge on any atom is -0.354 e. The van der Waals surface area contributed by atoms with Gasteiger partial charge < -0.3 is 16.0 Å². The molecule has 0 spiro atoms. The average Bonchev–Trinajstić information content (AvgIpc) is 2.91. The Morgan fingerprint density at radius 1 is 1.16 bits per heavy atom. The molecule has 3 N–H and O–H groups in total. The first-order valence-corrected chi connectivity index (χ1v) is 10.8. The van der Waals surface area contributed by atoms with Gasteiger partial charge in [0.1, 0.15) is 12.1 Å². The lowest BCUT2D eigenvalue weighted by Gasteiger charge is -2.43. The summed E-state index contributed by atoms with van der Waals surface area (Å²) in [5.74, 6) is -1.21. The van der Waals surface area contributed by atoms with Gasteiger partial charge in [0.2, 0.25) is 17.7 Å². The van der Waals surface area contributed by atoms with Crippen LogP contribution >= 0.6 is 0 Å². The maximum atomic E-state index is 13.3. The molecule has 0 bridgehead atoms. The van der Waals surface area contributed by atoms with Gasteiger partial charge in [0.05, 0.1) is 6.04 Å². The highest BCUT2D eigenvalue weighted by Gasteiger charge is 2.44. The summed E-state index contributed by atoms with van der Waals surface area (Å²) in [6.45, 7) is 2.53. The summed E-state index contributed by atoms with van der Waals surface area (Å²) in [5.41, 5.74) is 1.11. The maximum absolute atomic E-state index is 13.3. The minimum atomic E-state index is -0.838. The number of carbonyl (C=O) groups excluding carboxylic acids is 4. The number of hydrazine groups is 1. The summed E-state index contributed by atoms with van der Waals surface area (Å²) in [6, 6.07) is 7.74. The molecule has 3 rings (SSSR count). The Morgan fingerprint density at radius 2 is 1.90 bits per heavy atom. The van der Waals surface area contributed by atoms with Gasteiger partial charge in [-0.15, -0.1) is 0 Å². The zero-order valence-corrected chi connectivity index (χ0v) is 18.1. The number of fused-ring (bicyclic) bond motifs is 1. The van der Waals surface area contributed by atoms with E-state index in [-0.39, 0.29) is 30.6 Å². The molecule has 2 saturated heterocycles. The van der Waals surface area contributed by atoms with Gasteiger partial charge >= 0.3 is 0 Å². The molecule has 2 heterocycles. The van der Waals surface area contributed by atoms with Crippen molar-refractivity contribution in [3.8, 4) is 0 Å². The summed E-state index contributed by atoms with van der Waals surface area (Å²) < 4.78 is 0. The highest BCUT2D eigenvalue weighted by Crippen LogP contribution is 2.25. The number of nitrogens with one attached hydrogen (secondary N) is 3. The molecule has 9 nitrogen and oxygen atoms in total. The lowest BCUT2D eigenvalue weighted by molar-refractivity contribution is -0.176. The van der Waals surface area contributed by atoms with Gasteiger partial charge in [-0.2, -0.15) is 0 Å². The third-order valence-electron chi connectivity index (χ3n) is 5.86. The molecule has 0 saturated carbocycles. The number of amides is 4. The average molecular weight is 430 g/mol. The molecular formula is C22H31N5O4. The SMILES string of the molecule is CN[C@@H](C)C(=O)N[C@H]1CCC(=O)N2CCC[C@@H](C(=O)NCCc3ccccc3)N2C1=O. The fourth-order valence-electron chi connectivity index (χ4n) is 3.93. The van der Waals surface area contributed by atoms with Crippen molar-refractivity contribution in [3.05, 3.63) is 35.9 Å². The zero-order valence-electron chi connectivity index (χ0n) is 18.1. The number of rotatable bonds is 7. The van der Waals surface area contributed by atoms with E-state index < -0.39 is 24.0 Å². The van der Waals surface area contributed by atoms with Gasteiger partial charge in [0.25, 0.3) is 5.91 Å². The van der Waals surface area contributed by atoms with E-state index in [1.54, 1.807) is 14.0 Å². The van der Waals surface area contributed by atoms with Gasteiger partial charge in [-0.25, -0.2) is 5.01 Å². The molecule has 0 aromatic heterocycles. The van der Waals surface area contributed by atoms with Crippen LogP contribution in [0.1, 0.15) is 38.2 Å². The van der Waals surface area contributed by atoms with Crippen molar-refractivity contribution in [3.63, 3.8) is 0 Å². The summed E-state index contributed by atoms with van der Waals surface area (Å²) >= 11 is 0. The van der Waals surface area contributed by atoms with Crippen molar-refractivity contribution >= 4 is 23.6 Å². The number of hydrogen-bond acceptors (Lipinski definition) is 5. The Hall–Kier alpha value is -2.94. The minimum absolute atomic E-state index is 0.142. The predicted molar refractivity (Wildman–Crippen MR) is 114 cm³/mol. The fourth-order valence-corrected chi connectivity index (χ4v) is 3.93. The van der Waals surface area contributed by atoms with E-state index in [1.165, 1.54) is 10.0 Å². The van der Waals surface area contributed by atoms with Crippen LogP contribution in [0.15, 0.2) is 30.3 Å². The first-order chi connectivity index (χ1) is 14.9. The smallest absolute Gasteiger partial charge is 0.264 e. The van der Waals surface area contributed by atoms with Crippen LogP contribution in [0.3, 0.4) is 0 Å². The second kappa shape index (κ2) is 10.4. The second-order valence-corrected chi connectivity index (χ2v) is 7.99. The molecule has 2 aliphatic heterocycles. The van der Waals surface area contributed by atoms with Crippen LogP contribution in [0.2, 0.25) is 0 Å². The van der Waals surface area contributed by atoms with Gasteiger partial charge in [-0.3, -0.25) is 24.2 Å². The topological polar surface area (TPSA) is 111 Å². The van der Waals surface area contributed by atoms with E-state index in [1.807, 2.05) is 30.3 Å². The standard InChI is InChI=1S/C22H31N5O4/c1-15(23-2)20(29)25-17-10-11-19(28)26-14-6-9-18(27(26)22(17)31)21(30)24-13-12-16-7-4-3-5-8-16/h3-5,7-8,15,17-18,23H,6,9-14H2,1-2H3,(H,24,30)(H,25,29)/t15-,17-,18-/m0/s1. The first kappa shape index (κ1) is 22.7. The Bertz CT molecular complexity index is 815. The predicted octanol–water partition coefficient (Wildman–Crippen LogP) is -0.0336. The molecule has 0 aliphatic carbocycles. The molecule has 1 aromatic carbocycles. The molecule has 3 atom stereocenters. The van der Waals surface area contributed by atoms with Gasteiger partial charge in [0, 0.05) is 19.5 Å². The second-order valence-electron chi connectivity index (χ2n) is 7.99. The number of nitrogens with zero attached hydrogens (tertiary/aromatic N) is 2. The third-order valence-corrected chi connectivity index (χ3v) is 5.86. The van der Waals surface area contributed by atoms with E-state index >= 15 is 0 Å². The third kappa shape index (κ3) is 5.41. The Balaban J connectivity index is 1.70. The molecule has 2 aliphatic rings. The van der Waals surface area contributed by atoms with Crippen molar-refractivity contribution in [1.29, 1.82) is 0 Å². The maximum Gasteiger partial charge on any atom is 0.264 e. The van der Waals surface area contributed by atoms with Crippen molar-refractivity contribution in [2.45, 2.75) is 57.2 Å². The normalized spacial score (nSPS) is 22.4. The van der Waals surface area contributed by atoms with Crippen LogP contribution in [0.25, 0.3) is 0 Å². The van der Waals surface area contributed by atoms with Crippen molar-refractivity contribution in [2.75, 3.05) is 20.1 Å². The van der Waals surface area contributed by atoms with Crippen LogP contribution in [-0.2, 0) is 25.6 Å². The highest BCUT2D eigenvalue weighted by atomic mass is 16.2. The summed E-state index contributed by atoms with van der Waals surface area (Å²) in [7, 11) is 1.66. The summed E-state index contributed by atoms with van der Waals surface area (Å²) in [4.78, 5) is 51.2.